The van der Waals surface area contributed by atoms with Crippen LogP contribution in [0.25, 0.3) is 0 Å². The first-order valence-electron chi connectivity index (χ1n) is 6.97. The van der Waals surface area contributed by atoms with E-state index in [1.54, 1.807) is 30.3 Å². The molecule has 6 heteroatoms. The Balaban J connectivity index is 1.53. The molecule has 0 aromatic heterocycles. The molecule has 0 atom stereocenters. The maximum absolute atomic E-state index is 12.3. The molecule has 0 radical (unpaired) electrons. The van der Waals surface area contributed by atoms with E-state index in [1.807, 2.05) is 24.3 Å². The third-order valence-corrected chi connectivity index (χ3v) is 5.69. The van der Waals surface area contributed by atoms with Crippen molar-refractivity contribution in [3.8, 4) is 0 Å². The Labute approximate surface area is 135 Å². The summed E-state index contributed by atoms with van der Waals surface area (Å²) in [7, 11) is -3.39. The third-order valence-electron chi connectivity index (χ3n) is 3.59. The molecule has 0 unspecified atom stereocenters. The van der Waals surface area contributed by atoms with Gasteiger partial charge in [0.2, 0.25) is 10.0 Å². The minimum Gasteiger partial charge on any atom is -0.371 e. The molecule has 2 aromatic carbocycles. The fraction of sp³-hybridized carbons (Fsp3) is 0.250. The van der Waals surface area contributed by atoms with Crippen LogP contribution in [0.2, 0.25) is 5.02 Å². The number of hydrogen-bond acceptors (Lipinski definition) is 3. The Morgan fingerprint density at radius 2 is 1.68 bits per heavy atom. The van der Waals surface area contributed by atoms with E-state index in [9.17, 15) is 8.42 Å². The maximum Gasteiger partial charge on any atom is 0.243 e. The van der Waals surface area contributed by atoms with E-state index in [2.05, 4.69) is 0 Å². The second-order valence-corrected chi connectivity index (χ2v) is 7.57. The van der Waals surface area contributed by atoms with Crippen LogP contribution in [0, 0.1) is 0 Å². The molecule has 1 aliphatic heterocycles. The van der Waals surface area contributed by atoms with Crippen molar-refractivity contribution in [1.82, 2.24) is 4.31 Å². The first kappa shape index (κ1) is 15.5. The highest BCUT2D eigenvalue weighted by Gasteiger charge is 2.37. The second-order valence-electron chi connectivity index (χ2n) is 5.19. The van der Waals surface area contributed by atoms with Crippen LogP contribution in [0.15, 0.2) is 59.5 Å². The molecular formula is C16H16ClNO3S. The summed E-state index contributed by atoms with van der Waals surface area (Å²) in [5, 5.41) is 0.688. The van der Waals surface area contributed by atoms with Crippen LogP contribution in [-0.2, 0) is 21.4 Å². The Bertz CT molecular complexity index is 726. The highest BCUT2D eigenvalue weighted by molar-refractivity contribution is 7.89. The Morgan fingerprint density at radius 3 is 2.32 bits per heavy atom. The van der Waals surface area contributed by atoms with Crippen molar-refractivity contribution in [2.75, 3.05) is 13.1 Å². The molecule has 4 nitrogen and oxygen atoms in total. The highest BCUT2D eigenvalue weighted by Crippen LogP contribution is 2.23. The third kappa shape index (κ3) is 3.33. The first-order valence-corrected chi connectivity index (χ1v) is 8.79. The molecule has 0 spiro atoms. The fourth-order valence-corrected chi connectivity index (χ4v) is 3.89. The van der Waals surface area contributed by atoms with Gasteiger partial charge < -0.3 is 4.74 Å². The molecule has 0 saturated carbocycles. The summed E-state index contributed by atoms with van der Waals surface area (Å²) in [6.07, 6.45) is -0.0610. The number of rotatable bonds is 5. The lowest BCUT2D eigenvalue weighted by atomic mass is 10.2. The zero-order valence-corrected chi connectivity index (χ0v) is 13.4. The summed E-state index contributed by atoms with van der Waals surface area (Å²) in [4.78, 5) is 0.325. The van der Waals surface area contributed by atoms with E-state index in [0.29, 0.717) is 29.6 Å². The minimum absolute atomic E-state index is 0.0610. The van der Waals surface area contributed by atoms with Crippen LogP contribution < -0.4 is 0 Å². The number of nitrogens with zero attached hydrogens (tertiary/aromatic N) is 1. The standard InChI is InChI=1S/C16H16ClNO3S/c17-14-8-6-13(7-9-14)12-21-15-10-18(11-15)22(19,20)16-4-2-1-3-5-16/h1-9,15H,10-12H2. The Hall–Kier alpha value is -1.40. The van der Waals surface area contributed by atoms with Gasteiger partial charge >= 0.3 is 0 Å². The number of ether oxygens (including phenoxy) is 1. The minimum atomic E-state index is -3.39. The zero-order valence-electron chi connectivity index (χ0n) is 11.9. The van der Waals surface area contributed by atoms with Gasteiger partial charge in [-0.1, -0.05) is 41.9 Å². The smallest absolute Gasteiger partial charge is 0.243 e. The molecular weight excluding hydrogens is 322 g/mol. The van der Waals surface area contributed by atoms with Crippen molar-refractivity contribution in [1.29, 1.82) is 0 Å². The summed E-state index contributed by atoms with van der Waals surface area (Å²) in [5.41, 5.74) is 1.02. The van der Waals surface area contributed by atoms with Gasteiger partial charge in [-0.25, -0.2) is 8.42 Å². The van der Waals surface area contributed by atoms with E-state index in [1.165, 1.54) is 4.31 Å². The van der Waals surface area contributed by atoms with Gasteiger partial charge in [-0.15, -0.1) is 0 Å². The SMILES string of the molecule is O=S(=O)(c1ccccc1)N1CC(OCc2ccc(Cl)cc2)C1. The van der Waals surface area contributed by atoms with E-state index < -0.39 is 10.0 Å². The normalized spacial score (nSPS) is 16.4. The summed E-state index contributed by atoms with van der Waals surface area (Å²) in [6.45, 7) is 1.25. The van der Waals surface area contributed by atoms with Gasteiger partial charge in [-0.3, -0.25) is 0 Å². The van der Waals surface area contributed by atoms with Gasteiger partial charge in [0.15, 0.2) is 0 Å². The summed E-state index contributed by atoms with van der Waals surface area (Å²) in [5.74, 6) is 0. The van der Waals surface area contributed by atoms with Crippen LogP contribution in [0.5, 0.6) is 0 Å². The largest absolute Gasteiger partial charge is 0.371 e. The van der Waals surface area contributed by atoms with Crippen LogP contribution >= 0.6 is 11.6 Å². The first-order chi connectivity index (χ1) is 10.6. The summed E-state index contributed by atoms with van der Waals surface area (Å²) in [6, 6.07) is 15.9. The van der Waals surface area contributed by atoms with Crippen LogP contribution in [0.1, 0.15) is 5.56 Å². The van der Waals surface area contributed by atoms with Gasteiger partial charge in [0.25, 0.3) is 0 Å². The molecule has 1 saturated heterocycles. The molecule has 22 heavy (non-hydrogen) atoms. The van der Waals surface area contributed by atoms with Gasteiger partial charge in [0, 0.05) is 18.1 Å². The van der Waals surface area contributed by atoms with Crippen molar-refractivity contribution in [3.63, 3.8) is 0 Å². The predicted molar refractivity (Wildman–Crippen MR) is 85.2 cm³/mol. The van der Waals surface area contributed by atoms with E-state index in [0.717, 1.165) is 5.56 Å². The molecule has 2 aromatic rings. The molecule has 0 N–H and O–H groups in total. The average Bonchev–Trinajstić information content (AvgIpc) is 2.48. The van der Waals surface area contributed by atoms with Crippen LogP contribution in [0.4, 0.5) is 0 Å². The van der Waals surface area contributed by atoms with Crippen molar-refractivity contribution < 1.29 is 13.2 Å². The van der Waals surface area contributed by atoms with E-state index >= 15 is 0 Å². The van der Waals surface area contributed by atoms with Crippen LogP contribution in [0.3, 0.4) is 0 Å². The van der Waals surface area contributed by atoms with Gasteiger partial charge in [0.05, 0.1) is 17.6 Å². The highest BCUT2D eigenvalue weighted by atomic mass is 35.5. The molecule has 1 heterocycles. The topological polar surface area (TPSA) is 46.6 Å². The predicted octanol–water partition coefficient (Wildman–Crippen LogP) is 2.93. The number of hydrogen-bond donors (Lipinski definition) is 0. The lowest BCUT2D eigenvalue weighted by molar-refractivity contribution is -0.0295. The lowest BCUT2D eigenvalue weighted by Gasteiger charge is -2.37. The maximum atomic E-state index is 12.3. The molecule has 116 valence electrons. The molecule has 0 aliphatic carbocycles. The van der Waals surface area contributed by atoms with Crippen molar-refractivity contribution in [2.24, 2.45) is 0 Å². The molecule has 0 bridgehead atoms. The van der Waals surface area contributed by atoms with Crippen molar-refractivity contribution in [3.05, 3.63) is 65.2 Å². The lowest BCUT2D eigenvalue weighted by Crippen LogP contribution is -2.54. The Morgan fingerprint density at radius 1 is 1.05 bits per heavy atom. The number of benzene rings is 2. The average molecular weight is 338 g/mol. The van der Waals surface area contributed by atoms with Gasteiger partial charge in [-0.2, -0.15) is 4.31 Å². The zero-order chi connectivity index (χ0) is 15.6. The van der Waals surface area contributed by atoms with Crippen LogP contribution in [-0.4, -0.2) is 31.9 Å². The van der Waals surface area contributed by atoms with Crippen molar-refractivity contribution in [2.45, 2.75) is 17.6 Å². The van der Waals surface area contributed by atoms with Gasteiger partial charge in [0.1, 0.15) is 0 Å². The monoisotopic (exact) mass is 337 g/mol. The summed E-state index contributed by atoms with van der Waals surface area (Å²) >= 11 is 5.83. The Kier molecular flexibility index (Phi) is 4.49. The van der Waals surface area contributed by atoms with Crippen molar-refractivity contribution >= 4 is 21.6 Å². The number of halogens is 1. The number of sulfonamides is 1. The molecule has 3 rings (SSSR count). The molecule has 1 fully saturated rings. The van der Waals surface area contributed by atoms with E-state index in [4.69, 9.17) is 16.3 Å². The fourth-order valence-electron chi connectivity index (χ4n) is 2.24. The van der Waals surface area contributed by atoms with Gasteiger partial charge in [-0.05, 0) is 29.8 Å². The molecule has 1 aliphatic rings. The quantitative estimate of drug-likeness (QED) is 0.842. The summed E-state index contributed by atoms with van der Waals surface area (Å²) < 4.78 is 31.8. The van der Waals surface area contributed by atoms with E-state index in [-0.39, 0.29) is 6.10 Å². The molecule has 0 amide bonds. The second kappa shape index (κ2) is 6.38.